The SMILES string of the molecule is CC1CCCOc2ncc(C3CC3)cc2C(=O)Nc2cccc(n2)C(=N)N1C=N. The van der Waals surface area contributed by atoms with Crippen molar-refractivity contribution in [3.8, 4) is 5.88 Å². The molecule has 1 aliphatic heterocycles. The molecule has 0 radical (unpaired) electrons. The molecule has 4 rings (SSSR count). The van der Waals surface area contributed by atoms with Crippen LogP contribution in [0, 0.1) is 10.8 Å². The summed E-state index contributed by atoms with van der Waals surface area (Å²) < 4.78 is 5.84. The highest BCUT2D eigenvalue weighted by atomic mass is 16.5. The van der Waals surface area contributed by atoms with Crippen molar-refractivity contribution in [2.45, 2.75) is 44.6 Å². The number of rotatable bonds is 2. The smallest absolute Gasteiger partial charge is 0.262 e. The lowest BCUT2D eigenvalue weighted by Gasteiger charge is -2.27. The van der Waals surface area contributed by atoms with E-state index in [9.17, 15) is 4.79 Å². The first-order chi connectivity index (χ1) is 14.1. The van der Waals surface area contributed by atoms with Crippen LogP contribution in [0.4, 0.5) is 5.82 Å². The molecule has 3 heterocycles. The number of hydrogen-bond acceptors (Lipinski definition) is 6. The van der Waals surface area contributed by atoms with E-state index in [1.165, 1.54) is 0 Å². The van der Waals surface area contributed by atoms with Crippen LogP contribution in [-0.2, 0) is 0 Å². The molecule has 2 bridgehead atoms. The van der Waals surface area contributed by atoms with Crippen LogP contribution < -0.4 is 10.1 Å². The first kappa shape index (κ1) is 19.0. The quantitative estimate of drug-likeness (QED) is 0.535. The van der Waals surface area contributed by atoms with Gasteiger partial charge in [0.05, 0.1) is 12.9 Å². The van der Waals surface area contributed by atoms with E-state index in [4.69, 9.17) is 15.6 Å². The Bertz CT molecular complexity index is 956. The van der Waals surface area contributed by atoms with Gasteiger partial charge < -0.3 is 15.0 Å². The van der Waals surface area contributed by atoms with Crippen LogP contribution in [-0.4, -0.2) is 45.6 Å². The number of amidine groups is 1. The summed E-state index contributed by atoms with van der Waals surface area (Å²) in [6.45, 7) is 2.37. The summed E-state index contributed by atoms with van der Waals surface area (Å²) in [7, 11) is 0. The number of nitrogens with one attached hydrogen (secondary N) is 3. The molecule has 1 unspecified atom stereocenters. The Labute approximate surface area is 169 Å². The standard InChI is InChI=1S/C21H24N6O2/c1-13-4-3-9-29-21-16(10-15(11-24-21)14-7-8-14)20(28)26-18-6-2-5-17(25-18)19(23)27(13)12-22/h2,5-6,10-14,22-23H,3-4,7-9H2,1H3,(H,25,26,28). The molecular weight excluding hydrogens is 368 g/mol. The second-order valence-electron chi connectivity index (χ2n) is 7.48. The van der Waals surface area contributed by atoms with E-state index in [0.29, 0.717) is 41.9 Å². The predicted molar refractivity (Wildman–Crippen MR) is 110 cm³/mol. The number of ether oxygens (including phenoxy) is 1. The minimum Gasteiger partial charge on any atom is -0.477 e. The molecule has 1 saturated carbocycles. The summed E-state index contributed by atoms with van der Waals surface area (Å²) in [5.41, 5.74) is 1.86. The monoisotopic (exact) mass is 392 g/mol. The molecule has 1 amide bonds. The fourth-order valence-corrected chi connectivity index (χ4v) is 3.44. The average molecular weight is 392 g/mol. The molecule has 2 aliphatic rings. The van der Waals surface area contributed by atoms with Crippen molar-refractivity contribution < 1.29 is 9.53 Å². The lowest BCUT2D eigenvalue weighted by Crippen LogP contribution is -2.38. The molecule has 1 aliphatic carbocycles. The summed E-state index contributed by atoms with van der Waals surface area (Å²) in [6.07, 6.45) is 6.61. The molecule has 0 saturated heterocycles. The lowest BCUT2D eigenvalue weighted by atomic mass is 10.1. The van der Waals surface area contributed by atoms with E-state index >= 15 is 0 Å². The first-order valence-electron chi connectivity index (χ1n) is 9.86. The van der Waals surface area contributed by atoms with Crippen molar-refractivity contribution in [2.24, 2.45) is 0 Å². The van der Waals surface area contributed by atoms with Crippen molar-refractivity contribution in [3.63, 3.8) is 0 Å². The molecular formula is C21H24N6O2. The number of hydrogen-bond donors (Lipinski definition) is 3. The van der Waals surface area contributed by atoms with Crippen molar-refractivity contribution in [2.75, 3.05) is 11.9 Å². The third kappa shape index (κ3) is 4.11. The largest absolute Gasteiger partial charge is 0.477 e. The molecule has 1 atom stereocenters. The van der Waals surface area contributed by atoms with Crippen LogP contribution in [0.5, 0.6) is 5.88 Å². The number of carbonyl (C=O) groups is 1. The van der Waals surface area contributed by atoms with Gasteiger partial charge in [0.2, 0.25) is 5.88 Å². The zero-order valence-corrected chi connectivity index (χ0v) is 16.3. The van der Waals surface area contributed by atoms with Gasteiger partial charge in [-0.2, -0.15) is 0 Å². The zero-order valence-electron chi connectivity index (χ0n) is 16.3. The highest BCUT2D eigenvalue weighted by Gasteiger charge is 2.27. The molecule has 2 aromatic heterocycles. The van der Waals surface area contributed by atoms with Gasteiger partial charge in [-0.3, -0.25) is 15.6 Å². The first-order valence-corrected chi connectivity index (χ1v) is 9.86. The van der Waals surface area contributed by atoms with Crippen molar-refractivity contribution >= 4 is 23.9 Å². The molecule has 0 spiro atoms. The second-order valence-corrected chi connectivity index (χ2v) is 7.48. The molecule has 1 fully saturated rings. The van der Waals surface area contributed by atoms with E-state index < -0.39 is 0 Å². The molecule has 0 aromatic carbocycles. The maximum absolute atomic E-state index is 13.0. The van der Waals surface area contributed by atoms with Crippen molar-refractivity contribution in [3.05, 3.63) is 47.3 Å². The van der Waals surface area contributed by atoms with E-state index in [2.05, 4.69) is 15.3 Å². The van der Waals surface area contributed by atoms with Gasteiger partial charge >= 0.3 is 0 Å². The summed E-state index contributed by atoms with van der Waals surface area (Å²) >= 11 is 0. The normalized spacial score (nSPS) is 20.2. The Kier molecular flexibility index (Phi) is 5.24. The van der Waals surface area contributed by atoms with E-state index in [1.807, 2.05) is 13.0 Å². The van der Waals surface area contributed by atoms with Gasteiger partial charge in [0.15, 0.2) is 5.84 Å². The third-order valence-electron chi connectivity index (χ3n) is 5.28. The molecule has 8 nitrogen and oxygen atoms in total. The molecule has 150 valence electrons. The van der Waals surface area contributed by atoms with Gasteiger partial charge in [-0.25, -0.2) is 9.97 Å². The van der Waals surface area contributed by atoms with Crippen LogP contribution in [0.25, 0.3) is 0 Å². The number of fused-ring (bicyclic) bond motifs is 3. The van der Waals surface area contributed by atoms with Gasteiger partial charge in [-0.1, -0.05) is 6.07 Å². The molecule has 3 N–H and O–H groups in total. The predicted octanol–water partition coefficient (Wildman–Crippen LogP) is 3.40. The van der Waals surface area contributed by atoms with Crippen LogP contribution in [0.15, 0.2) is 30.5 Å². The number of nitrogens with zero attached hydrogens (tertiary/aromatic N) is 3. The zero-order chi connectivity index (χ0) is 20.4. The Morgan fingerprint density at radius 2 is 2.14 bits per heavy atom. The maximum atomic E-state index is 13.0. The highest BCUT2D eigenvalue weighted by molar-refractivity contribution is 6.06. The van der Waals surface area contributed by atoms with Gasteiger partial charge in [0.25, 0.3) is 5.91 Å². The summed E-state index contributed by atoms with van der Waals surface area (Å²) in [6, 6.07) is 6.93. The number of amides is 1. The fourth-order valence-electron chi connectivity index (χ4n) is 3.44. The number of carbonyl (C=O) groups excluding carboxylic acids is 1. The average Bonchev–Trinajstić information content (AvgIpc) is 3.56. The third-order valence-corrected chi connectivity index (χ3v) is 5.28. The Morgan fingerprint density at radius 1 is 1.31 bits per heavy atom. The maximum Gasteiger partial charge on any atom is 0.262 e. The van der Waals surface area contributed by atoms with E-state index in [1.54, 1.807) is 29.3 Å². The summed E-state index contributed by atoms with van der Waals surface area (Å²) in [5, 5.41) is 19.0. The van der Waals surface area contributed by atoms with Crippen molar-refractivity contribution in [1.82, 2.24) is 14.9 Å². The van der Waals surface area contributed by atoms with Crippen molar-refractivity contribution in [1.29, 1.82) is 10.8 Å². The fraction of sp³-hybridized carbons (Fsp3) is 0.381. The topological polar surface area (TPSA) is 115 Å². The van der Waals surface area contributed by atoms with Gasteiger partial charge in [0, 0.05) is 12.2 Å². The van der Waals surface area contributed by atoms with Crippen LogP contribution in [0.3, 0.4) is 0 Å². The van der Waals surface area contributed by atoms with Gasteiger partial charge in [-0.15, -0.1) is 0 Å². The van der Waals surface area contributed by atoms with Crippen LogP contribution in [0.1, 0.15) is 60.1 Å². The van der Waals surface area contributed by atoms with E-state index in [-0.39, 0.29) is 17.8 Å². The number of anilines is 1. The lowest BCUT2D eigenvalue weighted by molar-refractivity contribution is 0.102. The minimum absolute atomic E-state index is 0.0590. The van der Waals surface area contributed by atoms with Crippen LogP contribution >= 0.6 is 0 Å². The van der Waals surface area contributed by atoms with Crippen LogP contribution in [0.2, 0.25) is 0 Å². The Hall–Kier alpha value is -3.29. The van der Waals surface area contributed by atoms with E-state index in [0.717, 1.165) is 31.2 Å². The Morgan fingerprint density at radius 3 is 2.90 bits per heavy atom. The second kappa shape index (κ2) is 7.98. The number of pyridine rings is 2. The molecule has 8 heteroatoms. The molecule has 29 heavy (non-hydrogen) atoms. The highest BCUT2D eigenvalue weighted by Crippen LogP contribution is 2.40. The summed E-state index contributed by atoms with van der Waals surface area (Å²) in [5.74, 6) is 0.933. The molecule has 2 aromatic rings. The summed E-state index contributed by atoms with van der Waals surface area (Å²) in [4.78, 5) is 23.3. The number of aromatic nitrogens is 2. The minimum atomic E-state index is -0.333. The van der Waals surface area contributed by atoms with Gasteiger partial charge in [0.1, 0.15) is 17.1 Å². The Balaban J connectivity index is 1.70. The van der Waals surface area contributed by atoms with Gasteiger partial charge in [-0.05, 0) is 62.3 Å².